The van der Waals surface area contributed by atoms with E-state index in [0.717, 1.165) is 11.8 Å². The zero-order valence-corrected chi connectivity index (χ0v) is 8.40. The molecule has 0 aromatic rings. The Kier molecular flexibility index (Phi) is 2.25. The fourth-order valence-electron chi connectivity index (χ4n) is 3.02. The third kappa shape index (κ3) is 1.32. The Bertz CT molecular complexity index is 170. The topological polar surface area (TPSA) is 0 Å². The smallest absolute Gasteiger partial charge is 0.0203 e. The second-order valence-corrected chi connectivity index (χ2v) is 4.62. The molecule has 0 aliphatic heterocycles. The molecule has 0 saturated heterocycles. The Morgan fingerprint density at radius 1 is 0.750 bits per heavy atom. The van der Waals surface area contributed by atoms with E-state index in [4.69, 9.17) is 0 Å². The highest BCUT2D eigenvalue weighted by molar-refractivity contribution is 5.18. The van der Waals surface area contributed by atoms with Crippen LogP contribution in [0.2, 0.25) is 0 Å². The molecule has 68 valence electrons. The summed E-state index contributed by atoms with van der Waals surface area (Å²) in [4.78, 5) is 0. The van der Waals surface area contributed by atoms with E-state index in [0.29, 0.717) is 0 Å². The first-order valence-corrected chi connectivity index (χ1v) is 5.46. The number of rotatable bonds is 0. The second kappa shape index (κ2) is 3.24. The van der Waals surface area contributed by atoms with Crippen LogP contribution in [-0.2, 0) is 0 Å². The molecule has 2 aliphatic carbocycles. The molecule has 0 fully saturated rings. The van der Waals surface area contributed by atoms with Gasteiger partial charge < -0.3 is 0 Å². The molecule has 0 heteroatoms. The van der Waals surface area contributed by atoms with Gasteiger partial charge in [0.2, 0.25) is 0 Å². The van der Waals surface area contributed by atoms with Gasteiger partial charge in [-0.25, -0.2) is 0 Å². The van der Waals surface area contributed by atoms with Crippen molar-refractivity contribution in [3.05, 3.63) is 11.1 Å². The maximum Gasteiger partial charge on any atom is -0.0203 e. The maximum atomic E-state index is 2.38. The summed E-state index contributed by atoms with van der Waals surface area (Å²) in [5, 5.41) is 0. The van der Waals surface area contributed by atoms with E-state index in [1.54, 1.807) is 11.1 Å². The quantitative estimate of drug-likeness (QED) is 0.476. The lowest BCUT2D eigenvalue weighted by atomic mass is 9.89. The molecule has 0 heterocycles. The molecule has 0 radical (unpaired) electrons. The third-order valence-corrected chi connectivity index (χ3v) is 4.06. The fraction of sp³-hybridized carbons (Fsp3) is 0.833. The van der Waals surface area contributed by atoms with E-state index in [1.165, 1.54) is 38.5 Å². The van der Waals surface area contributed by atoms with Crippen molar-refractivity contribution in [3.8, 4) is 0 Å². The Labute approximate surface area is 76.1 Å². The van der Waals surface area contributed by atoms with Crippen LogP contribution in [0.1, 0.15) is 52.4 Å². The minimum absolute atomic E-state index is 0.956. The summed E-state index contributed by atoms with van der Waals surface area (Å²) in [5.74, 6) is 1.91. The molecule has 0 aromatic carbocycles. The molecular formula is C12H20. The Morgan fingerprint density at radius 3 is 1.42 bits per heavy atom. The number of hydrogen-bond donors (Lipinski definition) is 0. The van der Waals surface area contributed by atoms with Crippen LogP contribution in [0.25, 0.3) is 0 Å². The summed E-state index contributed by atoms with van der Waals surface area (Å²) >= 11 is 0. The van der Waals surface area contributed by atoms with Crippen molar-refractivity contribution in [2.75, 3.05) is 0 Å². The first kappa shape index (κ1) is 8.34. The molecule has 2 aliphatic rings. The number of hydrogen-bond acceptors (Lipinski definition) is 0. The van der Waals surface area contributed by atoms with Crippen LogP contribution in [0.5, 0.6) is 0 Å². The Morgan fingerprint density at radius 2 is 1.08 bits per heavy atom. The maximum absolute atomic E-state index is 2.38. The van der Waals surface area contributed by atoms with Gasteiger partial charge in [0.05, 0.1) is 0 Å². The van der Waals surface area contributed by atoms with Crippen molar-refractivity contribution < 1.29 is 0 Å². The van der Waals surface area contributed by atoms with Crippen LogP contribution < -0.4 is 0 Å². The summed E-state index contributed by atoms with van der Waals surface area (Å²) in [6.45, 7) is 4.76. The summed E-state index contributed by atoms with van der Waals surface area (Å²) in [6.07, 6.45) is 8.84. The van der Waals surface area contributed by atoms with Crippen LogP contribution in [0, 0.1) is 11.8 Å². The van der Waals surface area contributed by atoms with Crippen LogP contribution in [0.4, 0.5) is 0 Å². The second-order valence-electron chi connectivity index (χ2n) is 4.62. The van der Waals surface area contributed by atoms with Gasteiger partial charge in [0, 0.05) is 0 Å². The molecule has 0 aromatic heterocycles. The van der Waals surface area contributed by atoms with Gasteiger partial charge in [-0.3, -0.25) is 0 Å². The molecule has 2 rings (SSSR count). The van der Waals surface area contributed by atoms with Crippen LogP contribution >= 0.6 is 0 Å². The summed E-state index contributed by atoms with van der Waals surface area (Å²) in [7, 11) is 0. The normalized spacial score (nSPS) is 36.5. The lowest BCUT2D eigenvalue weighted by Crippen LogP contribution is -2.02. The van der Waals surface area contributed by atoms with Crippen molar-refractivity contribution in [2.24, 2.45) is 11.8 Å². The van der Waals surface area contributed by atoms with E-state index >= 15 is 0 Å². The van der Waals surface area contributed by atoms with Crippen LogP contribution in [-0.4, -0.2) is 0 Å². The highest BCUT2D eigenvalue weighted by Crippen LogP contribution is 2.40. The molecule has 0 N–H and O–H groups in total. The van der Waals surface area contributed by atoms with Crippen molar-refractivity contribution in [3.63, 3.8) is 0 Å². The zero-order valence-electron chi connectivity index (χ0n) is 8.40. The van der Waals surface area contributed by atoms with Crippen molar-refractivity contribution in [1.29, 1.82) is 0 Å². The van der Waals surface area contributed by atoms with Gasteiger partial charge in [-0.15, -0.1) is 0 Å². The van der Waals surface area contributed by atoms with E-state index in [1.807, 2.05) is 0 Å². The Balaban J connectivity index is 2.30. The van der Waals surface area contributed by atoms with Gasteiger partial charge in [-0.1, -0.05) is 24.0 Å². The predicted molar refractivity (Wildman–Crippen MR) is 53.1 cm³/mol. The molecule has 0 unspecified atom stereocenters. The molecule has 0 saturated carbocycles. The number of fused-ring (bicyclic) bond motifs is 2. The molecule has 0 spiro atoms. The van der Waals surface area contributed by atoms with E-state index in [-0.39, 0.29) is 0 Å². The largest absolute Gasteiger partial charge is 0.0710 e. The zero-order chi connectivity index (χ0) is 8.55. The average Bonchev–Trinajstić information content (AvgIpc) is 2.19. The molecule has 0 nitrogen and oxygen atoms in total. The molecular weight excluding hydrogens is 144 g/mol. The van der Waals surface area contributed by atoms with Crippen molar-refractivity contribution in [2.45, 2.75) is 52.4 Å². The highest BCUT2D eigenvalue weighted by Gasteiger charge is 2.25. The third-order valence-electron chi connectivity index (χ3n) is 4.06. The van der Waals surface area contributed by atoms with Gasteiger partial charge in [0.25, 0.3) is 0 Å². The highest BCUT2D eigenvalue weighted by atomic mass is 14.3. The first-order chi connectivity index (χ1) is 5.79. The first-order valence-electron chi connectivity index (χ1n) is 5.46. The summed E-state index contributed by atoms with van der Waals surface area (Å²) in [6, 6.07) is 0. The van der Waals surface area contributed by atoms with E-state index in [2.05, 4.69) is 13.8 Å². The van der Waals surface area contributed by atoms with Crippen molar-refractivity contribution in [1.82, 2.24) is 0 Å². The van der Waals surface area contributed by atoms with E-state index < -0.39 is 0 Å². The monoisotopic (exact) mass is 164 g/mol. The van der Waals surface area contributed by atoms with Gasteiger partial charge in [0.1, 0.15) is 0 Å². The Hall–Kier alpha value is -0.260. The lowest BCUT2D eigenvalue weighted by Gasteiger charge is -2.16. The lowest BCUT2D eigenvalue weighted by molar-refractivity contribution is 0.400. The minimum Gasteiger partial charge on any atom is -0.0710 e. The predicted octanol–water partition coefficient (Wildman–Crippen LogP) is 3.92. The minimum atomic E-state index is 0.956. The average molecular weight is 164 g/mol. The number of allylic oxidation sites excluding steroid dienone is 2. The van der Waals surface area contributed by atoms with Gasteiger partial charge >= 0.3 is 0 Å². The standard InChI is InChI=1S/C12H20/c1-9-10(2)12-7-3-5-11(9)6-4-8-12/h11-12H,3-8H2,1-2H3. The fourth-order valence-corrected chi connectivity index (χ4v) is 3.02. The molecule has 0 amide bonds. The SMILES string of the molecule is CC1=C(C)C2CCCC1CCC2. The molecule has 0 atom stereocenters. The summed E-state index contributed by atoms with van der Waals surface area (Å²) < 4.78 is 0. The van der Waals surface area contributed by atoms with Crippen LogP contribution in [0.15, 0.2) is 11.1 Å². The van der Waals surface area contributed by atoms with Gasteiger partial charge in [0.15, 0.2) is 0 Å². The van der Waals surface area contributed by atoms with Crippen LogP contribution in [0.3, 0.4) is 0 Å². The van der Waals surface area contributed by atoms with E-state index in [9.17, 15) is 0 Å². The van der Waals surface area contributed by atoms with Gasteiger partial charge in [-0.2, -0.15) is 0 Å². The summed E-state index contributed by atoms with van der Waals surface area (Å²) in [5.41, 5.74) is 3.49. The molecule has 12 heavy (non-hydrogen) atoms. The van der Waals surface area contributed by atoms with Crippen molar-refractivity contribution >= 4 is 0 Å². The van der Waals surface area contributed by atoms with Gasteiger partial charge in [-0.05, 0) is 51.4 Å². The molecule has 2 bridgehead atoms.